The van der Waals surface area contributed by atoms with E-state index in [1.165, 1.54) is 0 Å². The van der Waals surface area contributed by atoms with E-state index in [4.69, 9.17) is 16.3 Å². The second-order valence-electron chi connectivity index (χ2n) is 8.42. The van der Waals surface area contributed by atoms with Gasteiger partial charge in [-0.2, -0.15) is 0 Å². The van der Waals surface area contributed by atoms with E-state index < -0.39 is 5.92 Å². The summed E-state index contributed by atoms with van der Waals surface area (Å²) in [7, 11) is 0. The molecule has 1 aliphatic heterocycles. The van der Waals surface area contributed by atoms with Crippen molar-refractivity contribution in [2.45, 2.75) is 19.9 Å². The van der Waals surface area contributed by atoms with Gasteiger partial charge in [-0.25, -0.2) is 0 Å². The normalized spacial score (nSPS) is 15.1. The quantitative estimate of drug-likeness (QED) is 0.491. The Labute approximate surface area is 209 Å². The molecular weight excluding hydrogens is 466 g/mol. The van der Waals surface area contributed by atoms with E-state index in [9.17, 15) is 14.4 Å². The van der Waals surface area contributed by atoms with Crippen LogP contribution in [0.2, 0.25) is 5.02 Å². The van der Waals surface area contributed by atoms with Crippen molar-refractivity contribution in [2.24, 2.45) is 5.92 Å². The number of halogens is 1. The van der Waals surface area contributed by atoms with E-state index in [0.29, 0.717) is 35.2 Å². The number of carbonyl (C=O) groups excluding carboxylic acids is 3. The molecule has 0 spiro atoms. The van der Waals surface area contributed by atoms with Gasteiger partial charge >= 0.3 is 0 Å². The average Bonchev–Trinajstić information content (AvgIpc) is 3.25. The third kappa shape index (κ3) is 6.39. The van der Waals surface area contributed by atoms with Crippen LogP contribution in [0.15, 0.2) is 72.8 Å². The summed E-state index contributed by atoms with van der Waals surface area (Å²) in [6.07, 6.45) is 0.167. The summed E-state index contributed by atoms with van der Waals surface area (Å²) in [5.41, 5.74) is 3.37. The van der Waals surface area contributed by atoms with E-state index in [1.54, 1.807) is 53.4 Å². The third-order valence-electron chi connectivity index (χ3n) is 5.75. The van der Waals surface area contributed by atoms with Crippen molar-refractivity contribution in [2.75, 3.05) is 23.4 Å². The second kappa shape index (κ2) is 11.1. The highest BCUT2D eigenvalue weighted by Gasteiger charge is 2.35. The van der Waals surface area contributed by atoms with Crippen molar-refractivity contribution in [3.63, 3.8) is 0 Å². The molecule has 0 aromatic heterocycles. The zero-order chi connectivity index (χ0) is 24.8. The minimum atomic E-state index is -0.405. The Bertz CT molecular complexity index is 1210. The van der Waals surface area contributed by atoms with Gasteiger partial charge in [0.15, 0.2) is 6.61 Å². The van der Waals surface area contributed by atoms with Crippen LogP contribution in [0.5, 0.6) is 5.75 Å². The molecular formula is C27H26ClN3O4. The van der Waals surface area contributed by atoms with Crippen molar-refractivity contribution >= 4 is 40.7 Å². The number of benzene rings is 3. The minimum Gasteiger partial charge on any atom is -0.484 e. The summed E-state index contributed by atoms with van der Waals surface area (Å²) in [6.45, 7) is 2.58. The molecule has 0 radical (unpaired) electrons. The zero-order valence-corrected chi connectivity index (χ0v) is 20.0. The van der Waals surface area contributed by atoms with Gasteiger partial charge in [0.1, 0.15) is 5.75 Å². The largest absolute Gasteiger partial charge is 0.484 e. The van der Waals surface area contributed by atoms with Crippen LogP contribution in [-0.2, 0) is 20.9 Å². The van der Waals surface area contributed by atoms with E-state index in [2.05, 4.69) is 10.6 Å². The zero-order valence-electron chi connectivity index (χ0n) is 19.3. The lowest BCUT2D eigenvalue weighted by atomic mass is 10.1. The maximum atomic E-state index is 12.6. The molecule has 8 heteroatoms. The van der Waals surface area contributed by atoms with Crippen LogP contribution < -0.4 is 20.3 Å². The second-order valence-corrected chi connectivity index (χ2v) is 8.83. The van der Waals surface area contributed by atoms with Gasteiger partial charge in [0.05, 0.1) is 16.6 Å². The lowest BCUT2D eigenvalue weighted by Crippen LogP contribution is -2.32. The number of nitrogens with one attached hydrogen (secondary N) is 2. The molecule has 180 valence electrons. The molecule has 0 bridgehead atoms. The molecule has 1 atom stereocenters. The van der Waals surface area contributed by atoms with E-state index >= 15 is 0 Å². The predicted octanol–water partition coefficient (Wildman–Crippen LogP) is 4.34. The number of amides is 3. The van der Waals surface area contributed by atoms with Crippen LogP contribution in [0.3, 0.4) is 0 Å². The van der Waals surface area contributed by atoms with Gasteiger partial charge in [0, 0.05) is 25.2 Å². The van der Waals surface area contributed by atoms with Crippen LogP contribution in [0.1, 0.15) is 17.5 Å². The number of hydrogen-bond donors (Lipinski definition) is 2. The van der Waals surface area contributed by atoms with Crippen LogP contribution in [0.4, 0.5) is 11.4 Å². The van der Waals surface area contributed by atoms with Gasteiger partial charge in [-0.15, -0.1) is 0 Å². The minimum absolute atomic E-state index is 0.103. The Kier molecular flexibility index (Phi) is 7.67. The maximum absolute atomic E-state index is 12.6. The fourth-order valence-corrected chi connectivity index (χ4v) is 3.98. The van der Waals surface area contributed by atoms with E-state index in [-0.39, 0.29) is 30.7 Å². The monoisotopic (exact) mass is 491 g/mol. The molecule has 2 N–H and O–H groups in total. The first-order valence-corrected chi connectivity index (χ1v) is 11.7. The Morgan fingerprint density at radius 3 is 2.46 bits per heavy atom. The smallest absolute Gasteiger partial charge is 0.262 e. The third-order valence-corrected chi connectivity index (χ3v) is 6.08. The molecule has 3 aromatic carbocycles. The van der Waals surface area contributed by atoms with Crippen molar-refractivity contribution in [1.29, 1.82) is 0 Å². The molecule has 1 fully saturated rings. The molecule has 35 heavy (non-hydrogen) atoms. The lowest BCUT2D eigenvalue weighted by molar-refractivity contribution is -0.126. The highest BCUT2D eigenvalue weighted by atomic mass is 35.5. The first-order chi connectivity index (χ1) is 16.9. The average molecular weight is 492 g/mol. The first kappa shape index (κ1) is 24.3. The molecule has 7 nitrogen and oxygen atoms in total. The molecule has 1 saturated heterocycles. The number of nitrogens with zero attached hydrogens (tertiary/aromatic N) is 1. The number of anilines is 2. The number of hydrogen-bond acceptors (Lipinski definition) is 4. The van der Waals surface area contributed by atoms with Crippen molar-refractivity contribution in [1.82, 2.24) is 5.32 Å². The maximum Gasteiger partial charge on any atom is 0.262 e. The van der Waals surface area contributed by atoms with Gasteiger partial charge in [0.25, 0.3) is 5.91 Å². The molecule has 1 heterocycles. The Morgan fingerprint density at radius 2 is 1.74 bits per heavy atom. The summed E-state index contributed by atoms with van der Waals surface area (Å²) in [5.74, 6) is -0.491. The summed E-state index contributed by atoms with van der Waals surface area (Å²) in [5, 5.41) is 6.07. The highest BCUT2D eigenvalue weighted by molar-refractivity contribution is 6.33. The number of para-hydroxylation sites is 1. The highest BCUT2D eigenvalue weighted by Crippen LogP contribution is 2.27. The van der Waals surface area contributed by atoms with Crippen molar-refractivity contribution in [3.05, 3.63) is 88.9 Å². The molecule has 3 aromatic rings. The van der Waals surface area contributed by atoms with Crippen LogP contribution in [0, 0.1) is 12.8 Å². The molecule has 0 aliphatic carbocycles. The number of ether oxygens (including phenoxy) is 1. The summed E-state index contributed by atoms with van der Waals surface area (Å²) in [4.78, 5) is 38.9. The Morgan fingerprint density at radius 1 is 1.03 bits per heavy atom. The van der Waals surface area contributed by atoms with Crippen LogP contribution in [-0.4, -0.2) is 30.9 Å². The summed E-state index contributed by atoms with van der Waals surface area (Å²) >= 11 is 6.04. The SMILES string of the molecule is Cc1ccc(CNC(=O)[C@@H]2CC(=O)N(c3ccc(OCC(=O)Nc4ccccc4Cl)cc3)C2)cc1. The fraction of sp³-hybridized carbons (Fsp3) is 0.222. The van der Waals surface area contributed by atoms with Crippen LogP contribution >= 0.6 is 11.6 Å². The summed E-state index contributed by atoms with van der Waals surface area (Å²) in [6, 6.07) is 21.8. The van der Waals surface area contributed by atoms with Gasteiger partial charge in [-0.3, -0.25) is 14.4 Å². The fourth-order valence-electron chi connectivity index (χ4n) is 3.79. The van der Waals surface area contributed by atoms with Crippen molar-refractivity contribution < 1.29 is 19.1 Å². The molecule has 3 amide bonds. The van der Waals surface area contributed by atoms with Gasteiger partial charge < -0.3 is 20.3 Å². The first-order valence-electron chi connectivity index (χ1n) is 11.3. The number of carbonyl (C=O) groups is 3. The predicted molar refractivity (Wildman–Crippen MR) is 136 cm³/mol. The summed E-state index contributed by atoms with van der Waals surface area (Å²) < 4.78 is 5.54. The lowest BCUT2D eigenvalue weighted by Gasteiger charge is -2.17. The van der Waals surface area contributed by atoms with E-state index in [0.717, 1.165) is 11.1 Å². The Balaban J connectivity index is 1.27. The standard InChI is InChI=1S/C27H26ClN3O4/c1-18-6-8-19(9-7-18)15-29-27(34)20-14-26(33)31(16-20)21-10-12-22(13-11-21)35-17-25(32)30-24-5-3-2-4-23(24)28/h2-13,20H,14-17H2,1H3,(H,29,34)(H,30,32)/t20-/m1/s1. The number of rotatable bonds is 8. The van der Waals surface area contributed by atoms with Gasteiger partial charge in [0.2, 0.25) is 11.8 Å². The topological polar surface area (TPSA) is 87.7 Å². The molecule has 4 rings (SSSR count). The number of aryl methyl sites for hydroxylation is 1. The molecule has 0 saturated carbocycles. The van der Waals surface area contributed by atoms with Gasteiger partial charge in [-0.1, -0.05) is 53.6 Å². The van der Waals surface area contributed by atoms with Gasteiger partial charge in [-0.05, 0) is 48.9 Å². The Hall–Kier alpha value is -3.84. The van der Waals surface area contributed by atoms with Crippen LogP contribution in [0.25, 0.3) is 0 Å². The van der Waals surface area contributed by atoms with Crippen molar-refractivity contribution in [3.8, 4) is 5.75 Å². The van der Waals surface area contributed by atoms with E-state index in [1.807, 2.05) is 31.2 Å². The molecule has 1 aliphatic rings. The molecule has 0 unspecified atom stereocenters.